The van der Waals surface area contributed by atoms with E-state index in [1.807, 2.05) is 77.9 Å². The Kier molecular flexibility index (Phi) is 15.0. The molecule has 4 heterocycles. The number of carbonyl (C=O) groups is 1. The van der Waals surface area contributed by atoms with Crippen molar-refractivity contribution in [3.05, 3.63) is 47.5 Å². The number of hydrogen-bond acceptors (Lipinski definition) is 9. The molecular formula is C37H58B2ClF3N4O7. The van der Waals surface area contributed by atoms with E-state index >= 15 is 0 Å². The van der Waals surface area contributed by atoms with E-state index in [2.05, 4.69) is 43.1 Å². The van der Waals surface area contributed by atoms with Gasteiger partial charge in [0.25, 0.3) is 0 Å². The summed E-state index contributed by atoms with van der Waals surface area (Å²) in [4.78, 5) is 14.3. The zero-order valence-corrected chi connectivity index (χ0v) is 34.3. The number of nitrogens with two attached hydrogens (primary N) is 1. The number of halogens is 4. The summed E-state index contributed by atoms with van der Waals surface area (Å²) in [6.07, 6.45) is -3.72. The summed E-state index contributed by atoms with van der Waals surface area (Å²) < 4.78 is 67.8. The molecule has 0 aromatic heterocycles. The van der Waals surface area contributed by atoms with Gasteiger partial charge in [0, 0.05) is 38.1 Å². The summed E-state index contributed by atoms with van der Waals surface area (Å²) in [6.45, 7) is 22.7. The third-order valence-electron chi connectivity index (χ3n) is 10.9. The zero-order chi connectivity index (χ0) is 39.6. The van der Waals surface area contributed by atoms with Crippen LogP contribution in [0.4, 0.5) is 29.3 Å². The number of hydrogen-bond donors (Lipinski definition) is 3. The highest BCUT2D eigenvalue weighted by molar-refractivity contribution is 6.63. The first kappa shape index (κ1) is 45.8. The van der Waals surface area contributed by atoms with Gasteiger partial charge in [-0.05, 0) is 124 Å². The molecule has 0 bridgehead atoms. The maximum atomic E-state index is 12.5. The van der Waals surface area contributed by atoms with Crippen LogP contribution in [0, 0.1) is 13.8 Å². The minimum Gasteiger partial charge on any atom is -0.399 e. The van der Waals surface area contributed by atoms with E-state index in [0.29, 0.717) is 32.6 Å². The number of methoxy groups -OCH3 is 1. The average Bonchev–Trinajstić information content (AvgIpc) is 3.81. The van der Waals surface area contributed by atoms with Crippen molar-refractivity contribution < 1.29 is 46.1 Å². The Hall–Kier alpha value is -2.56. The van der Waals surface area contributed by atoms with Crippen LogP contribution in [0.3, 0.4) is 0 Å². The van der Waals surface area contributed by atoms with E-state index in [0.717, 1.165) is 39.8 Å². The van der Waals surface area contributed by atoms with Crippen molar-refractivity contribution in [1.29, 1.82) is 0 Å². The van der Waals surface area contributed by atoms with Crippen molar-refractivity contribution in [1.82, 2.24) is 10.2 Å². The Morgan fingerprint density at radius 2 is 1.35 bits per heavy atom. The van der Waals surface area contributed by atoms with Gasteiger partial charge in [0.15, 0.2) is 0 Å². The molecule has 6 rings (SSSR count). The number of anilines is 2. The Morgan fingerprint density at radius 1 is 0.852 bits per heavy atom. The molecule has 2 amide bonds. The van der Waals surface area contributed by atoms with Gasteiger partial charge >= 0.3 is 26.6 Å². The highest BCUT2D eigenvalue weighted by Crippen LogP contribution is 2.38. The maximum absolute atomic E-state index is 12.5. The van der Waals surface area contributed by atoms with Crippen LogP contribution >= 0.6 is 12.4 Å². The second-order valence-electron chi connectivity index (χ2n) is 16.1. The standard InChI is InChI=1S/C19H29BN2O4.C13H20BNO2.C5H8F3NO.ClH/c1-13-7-8-14(21-17(23)22-10-9-15(12-22)24-6)11-16(13)20-25-18(2,3)19(4,5)26-20;1-9-6-7-10(15)8-11(9)14-16-12(2,3)13(4,5)17-14;6-5(7,8)10-4-1-2-9-3-4;/h7-8,11,15H,9-10,12H2,1-6H3,(H,21,23);6-8H,15H2,1-5H3;4,9H,1-3H2;1H/t15-;;4-;/m1.1./s1. The summed E-state index contributed by atoms with van der Waals surface area (Å²) in [6, 6.07) is 11.5. The van der Waals surface area contributed by atoms with Crippen LogP contribution in [-0.4, -0.2) is 99.4 Å². The predicted octanol–water partition coefficient (Wildman–Crippen LogP) is 5.73. The molecule has 302 valence electrons. The lowest BCUT2D eigenvalue weighted by atomic mass is 9.76. The molecule has 2 aromatic rings. The lowest BCUT2D eigenvalue weighted by Gasteiger charge is -2.32. The summed E-state index contributed by atoms with van der Waals surface area (Å²) in [5, 5.41) is 5.75. The molecule has 17 heteroatoms. The summed E-state index contributed by atoms with van der Waals surface area (Å²) in [5.74, 6) is 0. The SMILES string of the molecule is CO[C@@H]1CCN(C(=O)Nc2ccc(C)c(B3OC(C)(C)C(C)(C)O3)c2)C1.Cc1ccc(N)cc1B1OC(C)(C)C(C)(C)O1.Cl.FC(F)(F)O[C@@H]1CCNC1. The first-order valence-corrected chi connectivity index (χ1v) is 18.2. The first-order valence-electron chi connectivity index (χ1n) is 18.2. The number of nitrogen functional groups attached to an aromatic ring is 1. The van der Waals surface area contributed by atoms with E-state index in [1.54, 1.807) is 12.0 Å². The maximum Gasteiger partial charge on any atom is 0.522 e. The molecular weight excluding hydrogens is 726 g/mol. The topological polar surface area (TPSA) is 126 Å². The van der Waals surface area contributed by atoms with Crippen molar-refractivity contribution in [2.24, 2.45) is 0 Å². The second-order valence-corrected chi connectivity index (χ2v) is 16.1. The van der Waals surface area contributed by atoms with Crippen molar-refractivity contribution >= 4 is 55.0 Å². The lowest BCUT2D eigenvalue weighted by Crippen LogP contribution is -2.41. The molecule has 0 radical (unpaired) electrons. The van der Waals surface area contributed by atoms with Crippen LogP contribution in [-0.2, 0) is 28.1 Å². The van der Waals surface area contributed by atoms with Crippen LogP contribution < -0.4 is 27.3 Å². The number of ether oxygens (including phenoxy) is 2. The highest BCUT2D eigenvalue weighted by Gasteiger charge is 2.53. The summed E-state index contributed by atoms with van der Waals surface area (Å²) >= 11 is 0. The predicted molar refractivity (Wildman–Crippen MR) is 210 cm³/mol. The number of likely N-dealkylation sites (tertiary alicyclic amines) is 1. The number of nitrogens with zero attached hydrogens (tertiary/aromatic N) is 1. The van der Waals surface area contributed by atoms with E-state index < -0.39 is 30.8 Å². The third-order valence-corrected chi connectivity index (χ3v) is 10.9. The van der Waals surface area contributed by atoms with Crippen molar-refractivity contribution in [2.45, 2.75) is 123 Å². The number of urea groups is 1. The van der Waals surface area contributed by atoms with Crippen molar-refractivity contribution in [2.75, 3.05) is 44.3 Å². The number of alkyl halides is 3. The molecule has 4 aliphatic heterocycles. The summed E-state index contributed by atoms with van der Waals surface area (Å²) in [7, 11) is 0.910. The van der Waals surface area contributed by atoms with Gasteiger partial charge in [-0.3, -0.25) is 4.74 Å². The molecule has 11 nitrogen and oxygen atoms in total. The second kappa shape index (κ2) is 17.7. The lowest BCUT2D eigenvalue weighted by molar-refractivity contribution is -0.339. The van der Waals surface area contributed by atoms with E-state index in [9.17, 15) is 18.0 Å². The van der Waals surface area contributed by atoms with Crippen LogP contribution in [0.15, 0.2) is 36.4 Å². The quantitative estimate of drug-likeness (QED) is 0.258. The molecule has 0 unspecified atom stereocenters. The molecule has 4 saturated heterocycles. The first-order chi connectivity index (χ1) is 24.4. The average molecular weight is 785 g/mol. The Labute approximate surface area is 325 Å². The molecule has 2 aromatic carbocycles. The molecule has 54 heavy (non-hydrogen) atoms. The number of nitrogens with one attached hydrogen (secondary N) is 2. The minimum atomic E-state index is -4.48. The minimum absolute atomic E-state index is 0. The van der Waals surface area contributed by atoms with Gasteiger partial charge in [0.1, 0.15) is 0 Å². The highest BCUT2D eigenvalue weighted by atomic mass is 35.5. The van der Waals surface area contributed by atoms with Crippen LogP contribution in [0.2, 0.25) is 0 Å². The molecule has 4 fully saturated rings. The number of carbonyl (C=O) groups excluding carboxylic acids is 1. The summed E-state index contributed by atoms with van der Waals surface area (Å²) in [5.41, 5.74) is 10.1. The Bertz CT molecular complexity index is 1550. The van der Waals surface area contributed by atoms with E-state index in [4.69, 9.17) is 29.1 Å². The van der Waals surface area contributed by atoms with Crippen LogP contribution in [0.25, 0.3) is 0 Å². The fourth-order valence-electron chi connectivity index (χ4n) is 6.05. The normalized spacial score (nSPS) is 23.6. The van der Waals surface area contributed by atoms with Crippen molar-refractivity contribution in [3.63, 3.8) is 0 Å². The van der Waals surface area contributed by atoms with E-state index in [-0.39, 0.29) is 42.9 Å². The Balaban J connectivity index is 0.000000240. The molecule has 0 aliphatic carbocycles. The third kappa shape index (κ3) is 11.5. The zero-order valence-electron chi connectivity index (χ0n) is 33.4. The largest absolute Gasteiger partial charge is 0.522 e. The van der Waals surface area contributed by atoms with Gasteiger partial charge in [-0.15, -0.1) is 25.6 Å². The smallest absolute Gasteiger partial charge is 0.399 e. The van der Waals surface area contributed by atoms with Crippen molar-refractivity contribution in [3.8, 4) is 0 Å². The molecule has 0 spiro atoms. The number of aryl methyl sites for hydroxylation is 2. The van der Waals surface area contributed by atoms with E-state index in [1.165, 1.54) is 0 Å². The van der Waals surface area contributed by atoms with Gasteiger partial charge in [0.2, 0.25) is 0 Å². The monoisotopic (exact) mass is 784 g/mol. The molecule has 4 N–H and O–H groups in total. The fourth-order valence-corrected chi connectivity index (χ4v) is 6.05. The van der Waals surface area contributed by atoms with Gasteiger partial charge in [-0.2, -0.15) is 0 Å². The van der Waals surface area contributed by atoms with Gasteiger partial charge in [-0.25, -0.2) is 4.79 Å². The number of benzene rings is 2. The van der Waals surface area contributed by atoms with Gasteiger partial charge in [-0.1, -0.05) is 23.3 Å². The Morgan fingerprint density at radius 3 is 1.80 bits per heavy atom. The van der Waals surface area contributed by atoms with Crippen LogP contribution in [0.5, 0.6) is 0 Å². The molecule has 2 atom stereocenters. The molecule has 4 aliphatic rings. The number of rotatable bonds is 5. The van der Waals surface area contributed by atoms with Crippen LogP contribution in [0.1, 0.15) is 79.4 Å². The van der Waals surface area contributed by atoms with Gasteiger partial charge < -0.3 is 44.6 Å². The fraction of sp³-hybridized carbons (Fsp3) is 0.649. The van der Waals surface area contributed by atoms with Gasteiger partial charge in [0.05, 0.1) is 34.6 Å². The molecule has 0 saturated carbocycles. The number of amides is 2.